The van der Waals surface area contributed by atoms with Gasteiger partial charge in [0.2, 0.25) is 5.91 Å². The molecule has 8 nitrogen and oxygen atoms in total. The van der Waals surface area contributed by atoms with Crippen molar-refractivity contribution in [2.24, 2.45) is 62.1 Å². The van der Waals surface area contributed by atoms with E-state index in [2.05, 4.69) is 87.3 Å². The van der Waals surface area contributed by atoms with Gasteiger partial charge in [-0.1, -0.05) is 41.5 Å². The third-order valence-corrected chi connectivity index (χ3v) is 19.4. The summed E-state index contributed by atoms with van der Waals surface area (Å²) >= 11 is 0. The zero-order valence-corrected chi connectivity index (χ0v) is 36.9. The molecule has 57 heavy (non-hydrogen) atoms. The largest absolute Gasteiger partial charge is 0.462 e. The molecule has 9 rings (SSSR count). The van der Waals surface area contributed by atoms with Crippen LogP contribution in [-0.4, -0.2) is 69.5 Å². The number of carbonyl (C=O) groups excluding carboxylic acids is 2. The van der Waals surface area contributed by atoms with Crippen LogP contribution in [0.15, 0.2) is 30.7 Å². The highest BCUT2D eigenvalue weighted by molar-refractivity contribution is 5.84. The Labute approximate surface area is 343 Å². The van der Waals surface area contributed by atoms with E-state index in [0.717, 1.165) is 81.7 Å². The number of likely N-dealkylation sites (N-methyl/N-ethyl adjacent to an activating group) is 1. The van der Waals surface area contributed by atoms with Crippen molar-refractivity contribution in [2.45, 2.75) is 157 Å². The highest BCUT2D eigenvalue weighted by Gasteiger charge is 2.74. The highest BCUT2D eigenvalue weighted by Crippen LogP contribution is 2.79. The Morgan fingerprint density at radius 3 is 2.35 bits per heavy atom. The zero-order valence-electron chi connectivity index (χ0n) is 36.9. The fourth-order valence-electron chi connectivity index (χ4n) is 16.1. The molecule has 7 fully saturated rings. The van der Waals surface area contributed by atoms with Crippen molar-refractivity contribution in [1.29, 1.82) is 0 Å². The molecule has 0 spiro atoms. The Morgan fingerprint density at radius 2 is 1.65 bits per heavy atom. The summed E-state index contributed by atoms with van der Waals surface area (Å²) in [5.41, 5.74) is 2.74. The summed E-state index contributed by atoms with van der Waals surface area (Å²) in [5, 5.41) is 0. The average Bonchev–Trinajstić information content (AvgIpc) is 3.52. The number of nitrogens with zero attached hydrogens (tertiary/aromatic N) is 5. The number of amides is 1. The third kappa shape index (κ3) is 5.88. The molecule has 1 aliphatic heterocycles. The first-order chi connectivity index (χ1) is 27.0. The molecular formula is C49H73N5O3. The van der Waals surface area contributed by atoms with E-state index in [0.29, 0.717) is 40.9 Å². The topological polar surface area (TPSA) is 80.6 Å². The van der Waals surface area contributed by atoms with Gasteiger partial charge < -0.3 is 19.1 Å². The number of ether oxygens (including phenoxy) is 1. The van der Waals surface area contributed by atoms with Crippen LogP contribution >= 0.6 is 0 Å². The predicted molar refractivity (Wildman–Crippen MR) is 225 cm³/mol. The van der Waals surface area contributed by atoms with E-state index in [1.54, 1.807) is 6.92 Å². The Hall–Kier alpha value is -2.74. The van der Waals surface area contributed by atoms with Crippen LogP contribution in [0.4, 0.5) is 0 Å². The van der Waals surface area contributed by atoms with Gasteiger partial charge in [-0.3, -0.25) is 14.6 Å². The van der Waals surface area contributed by atoms with Crippen molar-refractivity contribution in [1.82, 2.24) is 24.3 Å². The number of imidazole rings is 1. The van der Waals surface area contributed by atoms with E-state index in [1.807, 2.05) is 18.5 Å². The summed E-state index contributed by atoms with van der Waals surface area (Å²) in [6, 6.07) is 4.10. The molecule has 8 heteroatoms. The van der Waals surface area contributed by atoms with Crippen molar-refractivity contribution in [3.63, 3.8) is 0 Å². The standard InChI is InChI=1S/C49H73N5O3/c1-32(55)57-40-18-19-46(5)38(44(40,2)3)17-20-48(7)39(46)15-14-35-41-34(45(4)22-23-45)16-21-49(41,25-24-47(35,48)6)43(56)54-27-11-13-37(54)42-51-36(33-12-10-26-50-30-33)31-53(42)29-28-52(8)9/h10,12,26,30-31,34-35,37-41H,11,13-25,27-29H2,1-9H3/t34?,35-,37+,38+,39-,40+,41-,46+,47-,48-,49+/m1/s1. The first kappa shape index (κ1) is 39.7. The number of fused-ring (bicyclic) bond motifs is 7. The molecule has 0 aromatic carbocycles. The molecule has 1 unspecified atom stereocenters. The van der Waals surface area contributed by atoms with Gasteiger partial charge in [-0.2, -0.15) is 0 Å². The second-order valence-corrected chi connectivity index (χ2v) is 22.5. The molecule has 0 bridgehead atoms. The van der Waals surface area contributed by atoms with Crippen LogP contribution in [0.5, 0.6) is 0 Å². The molecule has 312 valence electrons. The van der Waals surface area contributed by atoms with Crippen LogP contribution in [0.3, 0.4) is 0 Å². The van der Waals surface area contributed by atoms with Crippen molar-refractivity contribution in [2.75, 3.05) is 27.2 Å². The van der Waals surface area contributed by atoms with Crippen molar-refractivity contribution in [3.05, 3.63) is 36.5 Å². The summed E-state index contributed by atoms with van der Waals surface area (Å²) in [6.07, 6.45) is 22.2. The number of rotatable bonds is 8. The summed E-state index contributed by atoms with van der Waals surface area (Å²) in [5.74, 6) is 4.27. The molecule has 1 amide bonds. The Morgan fingerprint density at radius 1 is 0.860 bits per heavy atom. The van der Waals surface area contributed by atoms with Gasteiger partial charge in [-0.05, 0) is 167 Å². The van der Waals surface area contributed by atoms with E-state index in [9.17, 15) is 4.79 Å². The van der Waals surface area contributed by atoms with Gasteiger partial charge in [0, 0.05) is 56.1 Å². The lowest BCUT2D eigenvalue weighted by Crippen LogP contribution is -2.67. The SMILES string of the molecule is CC(=O)O[C@H]1CC[C@]2(C)[C@H]3CC[C@@H]4[C@H]5C(C6(C)CC6)CC[C@]5(C(=O)N5CCC[C@H]5c5nc(-c6cccnc6)cn5CCN(C)C)CC[C@@]4(C)[C@]3(C)CC[C@H]2C1(C)C. The van der Waals surface area contributed by atoms with Gasteiger partial charge in [0.15, 0.2) is 0 Å². The van der Waals surface area contributed by atoms with Crippen molar-refractivity contribution < 1.29 is 14.3 Å². The van der Waals surface area contributed by atoms with Crippen molar-refractivity contribution >= 4 is 11.9 Å². The van der Waals surface area contributed by atoms with E-state index in [4.69, 9.17) is 9.72 Å². The highest BCUT2D eigenvalue weighted by atomic mass is 16.5. The number of esters is 1. The molecular weight excluding hydrogens is 707 g/mol. The van der Waals surface area contributed by atoms with Gasteiger partial charge in [0.1, 0.15) is 11.9 Å². The lowest BCUT2D eigenvalue weighted by atomic mass is 9.32. The number of hydrogen-bond donors (Lipinski definition) is 0. The van der Waals surface area contributed by atoms with Crippen LogP contribution in [0, 0.1) is 62.1 Å². The monoisotopic (exact) mass is 780 g/mol. The Kier molecular flexibility index (Phi) is 9.50. The minimum absolute atomic E-state index is 0.00610. The van der Waals surface area contributed by atoms with Crippen LogP contribution in [0.2, 0.25) is 0 Å². The first-order valence-corrected chi connectivity index (χ1v) is 23.1. The lowest BCUT2D eigenvalue weighted by molar-refractivity contribution is -0.251. The third-order valence-electron chi connectivity index (χ3n) is 19.4. The molecule has 6 saturated carbocycles. The fraction of sp³-hybridized carbons (Fsp3) is 0.796. The van der Waals surface area contributed by atoms with Gasteiger partial charge in [0.05, 0.1) is 17.2 Å². The number of pyridine rings is 1. The predicted octanol–water partition coefficient (Wildman–Crippen LogP) is 9.98. The van der Waals surface area contributed by atoms with Gasteiger partial charge in [-0.25, -0.2) is 4.98 Å². The van der Waals surface area contributed by atoms with E-state index < -0.39 is 0 Å². The molecule has 1 saturated heterocycles. The molecule has 0 N–H and O–H groups in total. The van der Waals surface area contributed by atoms with Crippen LogP contribution in [0.25, 0.3) is 11.3 Å². The van der Waals surface area contributed by atoms with Gasteiger partial charge in [-0.15, -0.1) is 0 Å². The smallest absolute Gasteiger partial charge is 0.302 e. The number of carbonyl (C=O) groups is 2. The van der Waals surface area contributed by atoms with E-state index in [1.165, 1.54) is 44.9 Å². The quantitative estimate of drug-likeness (QED) is 0.248. The number of likely N-dealkylation sites (tertiary alicyclic amines) is 1. The second-order valence-electron chi connectivity index (χ2n) is 22.5. The molecule has 2 aromatic heterocycles. The average molecular weight is 780 g/mol. The molecule has 11 atom stereocenters. The molecule has 6 aliphatic carbocycles. The van der Waals surface area contributed by atoms with E-state index in [-0.39, 0.29) is 45.2 Å². The summed E-state index contributed by atoms with van der Waals surface area (Å²) < 4.78 is 8.40. The molecule has 0 radical (unpaired) electrons. The summed E-state index contributed by atoms with van der Waals surface area (Å²) in [7, 11) is 4.27. The van der Waals surface area contributed by atoms with Gasteiger partial charge in [0.25, 0.3) is 0 Å². The Balaban J connectivity index is 1.05. The van der Waals surface area contributed by atoms with Gasteiger partial charge >= 0.3 is 5.97 Å². The van der Waals surface area contributed by atoms with Crippen LogP contribution < -0.4 is 0 Å². The van der Waals surface area contributed by atoms with Crippen LogP contribution in [0.1, 0.15) is 150 Å². The fourth-order valence-corrected chi connectivity index (χ4v) is 16.1. The zero-order chi connectivity index (χ0) is 40.3. The first-order valence-electron chi connectivity index (χ1n) is 23.1. The number of aromatic nitrogens is 3. The van der Waals surface area contributed by atoms with Crippen LogP contribution in [-0.2, 0) is 20.9 Å². The number of hydrogen-bond acceptors (Lipinski definition) is 6. The maximum atomic E-state index is 15.9. The molecule has 2 aromatic rings. The maximum Gasteiger partial charge on any atom is 0.302 e. The molecule has 3 heterocycles. The Bertz CT molecular complexity index is 1870. The second kappa shape index (κ2) is 13.6. The van der Waals surface area contributed by atoms with E-state index >= 15 is 4.79 Å². The lowest BCUT2D eigenvalue weighted by Gasteiger charge is -2.73. The summed E-state index contributed by atoms with van der Waals surface area (Å²) in [4.78, 5) is 42.5. The minimum Gasteiger partial charge on any atom is -0.462 e. The molecule has 7 aliphatic rings. The van der Waals surface area contributed by atoms with Crippen molar-refractivity contribution in [3.8, 4) is 11.3 Å². The normalized spacial score (nSPS) is 41.5. The maximum absolute atomic E-state index is 15.9. The minimum atomic E-state index is -0.273. The summed E-state index contributed by atoms with van der Waals surface area (Å²) in [6.45, 7) is 19.7.